The Kier molecular flexibility index (Phi) is 4.70. The molecular formula is C19H28N6O. The molecule has 26 heavy (non-hydrogen) atoms. The number of nitrogens with zero attached hydrogens (tertiary/aromatic N) is 5. The zero-order chi connectivity index (χ0) is 18.1. The number of anilines is 1. The van der Waals surface area contributed by atoms with Gasteiger partial charge in [-0.1, -0.05) is 19.3 Å². The van der Waals surface area contributed by atoms with Gasteiger partial charge >= 0.3 is 6.03 Å². The fourth-order valence-corrected chi connectivity index (χ4v) is 4.29. The van der Waals surface area contributed by atoms with Gasteiger partial charge in [0.2, 0.25) is 0 Å². The highest BCUT2D eigenvalue weighted by Gasteiger charge is 2.23. The van der Waals surface area contributed by atoms with E-state index in [4.69, 9.17) is 0 Å². The summed E-state index contributed by atoms with van der Waals surface area (Å²) in [5.74, 6) is 0.661. The van der Waals surface area contributed by atoms with E-state index in [1.807, 2.05) is 28.9 Å². The van der Waals surface area contributed by atoms with Gasteiger partial charge in [0.05, 0.1) is 18.8 Å². The molecule has 0 saturated heterocycles. The lowest BCUT2D eigenvalue weighted by Crippen LogP contribution is -2.34. The minimum absolute atomic E-state index is 0.0741. The number of urea groups is 1. The van der Waals surface area contributed by atoms with E-state index in [1.165, 1.54) is 37.8 Å². The maximum atomic E-state index is 12.8. The highest BCUT2D eigenvalue weighted by Crippen LogP contribution is 2.29. The summed E-state index contributed by atoms with van der Waals surface area (Å²) in [6, 6.07) is 2.39. The molecule has 0 spiro atoms. The predicted molar refractivity (Wildman–Crippen MR) is 100 cm³/mol. The second kappa shape index (κ2) is 7.13. The molecule has 4 rings (SSSR count). The zero-order valence-corrected chi connectivity index (χ0v) is 15.7. The second-order valence-corrected chi connectivity index (χ2v) is 7.60. The van der Waals surface area contributed by atoms with Crippen molar-refractivity contribution < 1.29 is 4.79 Å². The van der Waals surface area contributed by atoms with Crippen LogP contribution >= 0.6 is 0 Å². The number of fused-ring (bicyclic) bond motifs is 1. The third-order valence-corrected chi connectivity index (χ3v) is 5.72. The van der Waals surface area contributed by atoms with Gasteiger partial charge in [-0.15, -0.1) is 0 Å². The van der Waals surface area contributed by atoms with E-state index in [0.29, 0.717) is 18.4 Å². The van der Waals surface area contributed by atoms with E-state index in [-0.39, 0.29) is 6.03 Å². The Morgan fingerprint density at radius 1 is 1.23 bits per heavy atom. The summed E-state index contributed by atoms with van der Waals surface area (Å²) in [5, 5.41) is 12.0. The SMILES string of the molecule is Cc1cc(NC(=O)N2CCCc3c(cnn3C)C2)nn1C1CCCCC1. The Bertz CT molecular complexity index is 786. The third-order valence-electron chi connectivity index (χ3n) is 5.72. The summed E-state index contributed by atoms with van der Waals surface area (Å²) in [6.07, 6.45) is 10.0. The van der Waals surface area contributed by atoms with E-state index in [9.17, 15) is 4.79 Å². The third kappa shape index (κ3) is 3.34. The van der Waals surface area contributed by atoms with Crippen molar-refractivity contribution in [2.75, 3.05) is 11.9 Å². The van der Waals surface area contributed by atoms with Gasteiger partial charge in [0.15, 0.2) is 5.82 Å². The van der Waals surface area contributed by atoms with Crippen molar-refractivity contribution in [3.05, 3.63) is 29.2 Å². The summed E-state index contributed by atoms with van der Waals surface area (Å²) in [4.78, 5) is 14.6. The van der Waals surface area contributed by atoms with Gasteiger partial charge < -0.3 is 4.90 Å². The maximum Gasteiger partial charge on any atom is 0.323 e. The Labute approximate surface area is 154 Å². The van der Waals surface area contributed by atoms with Crippen LogP contribution in [0.3, 0.4) is 0 Å². The summed E-state index contributed by atoms with van der Waals surface area (Å²) < 4.78 is 4.03. The summed E-state index contributed by atoms with van der Waals surface area (Å²) in [7, 11) is 1.97. The van der Waals surface area contributed by atoms with E-state index in [2.05, 4.69) is 27.1 Å². The summed E-state index contributed by atoms with van der Waals surface area (Å²) in [6.45, 7) is 3.44. The molecule has 3 heterocycles. The molecule has 1 N–H and O–H groups in total. The van der Waals surface area contributed by atoms with E-state index in [1.54, 1.807) is 0 Å². The van der Waals surface area contributed by atoms with Crippen molar-refractivity contribution in [1.29, 1.82) is 0 Å². The average molecular weight is 356 g/mol. The van der Waals surface area contributed by atoms with Crippen molar-refractivity contribution >= 4 is 11.8 Å². The quantitative estimate of drug-likeness (QED) is 0.896. The van der Waals surface area contributed by atoms with Gasteiger partial charge in [-0.2, -0.15) is 10.2 Å². The molecule has 7 nitrogen and oxygen atoms in total. The molecular weight excluding hydrogens is 328 g/mol. The van der Waals surface area contributed by atoms with Crippen molar-refractivity contribution in [2.24, 2.45) is 7.05 Å². The molecule has 2 aliphatic rings. The molecule has 2 aromatic rings. The molecule has 0 bridgehead atoms. The highest BCUT2D eigenvalue weighted by molar-refractivity contribution is 5.88. The molecule has 0 atom stereocenters. The van der Waals surface area contributed by atoms with Gasteiger partial charge in [0.1, 0.15) is 0 Å². The van der Waals surface area contributed by atoms with Crippen LogP contribution in [0.25, 0.3) is 0 Å². The molecule has 1 aliphatic heterocycles. The molecule has 0 unspecified atom stereocenters. The van der Waals surface area contributed by atoms with Gasteiger partial charge in [0, 0.05) is 36.6 Å². The Hall–Kier alpha value is -2.31. The van der Waals surface area contributed by atoms with Crippen LogP contribution in [0.2, 0.25) is 0 Å². The Balaban J connectivity index is 1.45. The molecule has 0 radical (unpaired) electrons. The van der Waals surface area contributed by atoms with Crippen LogP contribution in [0.1, 0.15) is 61.5 Å². The number of aryl methyl sites for hydroxylation is 2. The first-order valence-electron chi connectivity index (χ1n) is 9.73. The second-order valence-electron chi connectivity index (χ2n) is 7.60. The van der Waals surface area contributed by atoms with E-state index in [0.717, 1.165) is 30.6 Å². The molecule has 2 amide bonds. The van der Waals surface area contributed by atoms with Gasteiger partial charge in [0.25, 0.3) is 0 Å². The summed E-state index contributed by atoms with van der Waals surface area (Å²) >= 11 is 0. The van der Waals surface area contributed by atoms with Crippen LogP contribution in [-0.2, 0) is 20.0 Å². The average Bonchev–Trinajstić information content (AvgIpc) is 3.09. The Morgan fingerprint density at radius 2 is 2.04 bits per heavy atom. The van der Waals surface area contributed by atoms with Gasteiger partial charge in [-0.25, -0.2) is 4.79 Å². The van der Waals surface area contributed by atoms with Crippen molar-refractivity contribution in [2.45, 2.75) is 64.5 Å². The van der Waals surface area contributed by atoms with Gasteiger partial charge in [-0.3, -0.25) is 14.7 Å². The molecule has 2 aromatic heterocycles. The van der Waals surface area contributed by atoms with E-state index < -0.39 is 0 Å². The first kappa shape index (κ1) is 17.1. The number of amides is 2. The minimum atomic E-state index is -0.0741. The van der Waals surface area contributed by atoms with Crippen LogP contribution in [0.15, 0.2) is 12.3 Å². The smallest absolute Gasteiger partial charge is 0.320 e. The predicted octanol–water partition coefficient (Wildman–Crippen LogP) is 3.41. The normalized spacial score (nSPS) is 18.5. The summed E-state index contributed by atoms with van der Waals surface area (Å²) in [5.41, 5.74) is 3.50. The molecule has 0 aromatic carbocycles. The van der Waals surface area contributed by atoms with Crippen LogP contribution in [0.5, 0.6) is 0 Å². The van der Waals surface area contributed by atoms with Crippen LogP contribution in [-0.4, -0.2) is 37.0 Å². The van der Waals surface area contributed by atoms with Gasteiger partial charge in [-0.05, 0) is 32.6 Å². The number of hydrogen-bond acceptors (Lipinski definition) is 3. The lowest BCUT2D eigenvalue weighted by Gasteiger charge is -2.23. The monoisotopic (exact) mass is 356 g/mol. The zero-order valence-electron chi connectivity index (χ0n) is 15.7. The molecule has 1 aliphatic carbocycles. The molecule has 7 heteroatoms. The maximum absolute atomic E-state index is 12.8. The topological polar surface area (TPSA) is 68.0 Å². The number of carbonyl (C=O) groups excluding carboxylic acids is 1. The fourth-order valence-electron chi connectivity index (χ4n) is 4.29. The first-order valence-corrected chi connectivity index (χ1v) is 9.73. The largest absolute Gasteiger partial charge is 0.323 e. The fraction of sp³-hybridized carbons (Fsp3) is 0.632. The molecule has 140 valence electrons. The minimum Gasteiger partial charge on any atom is -0.320 e. The van der Waals surface area contributed by atoms with Crippen molar-refractivity contribution in [1.82, 2.24) is 24.5 Å². The van der Waals surface area contributed by atoms with Crippen LogP contribution < -0.4 is 5.32 Å². The first-order chi connectivity index (χ1) is 12.6. The highest BCUT2D eigenvalue weighted by atomic mass is 16.2. The number of rotatable bonds is 2. The lowest BCUT2D eigenvalue weighted by molar-refractivity contribution is 0.210. The molecule has 1 fully saturated rings. The van der Waals surface area contributed by atoms with E-state index >= 15 is 0 Å². The van der Waals surface area contributed by atoms with Crippen LogP contribution in [0, 0.1) is 6.92 Å². The Morgan fingerprint density at radius 3 is 2.85 bits per heavy atom. The number of hydrogen-bond donors (Lipinski definition) is 1. The lowest BCUT2D eigenvalue weighted by atomic mass is 9.95. The molecule has 1 saturated carbocycles. The number of carbonyl (C=O) groups is 1. The number of nitrogens with one attached hydrogen (secondary N) is 1. The van der Waals surface area contributed by atoms with Crippen molar-refractivity contribution in [3.63, 3.8) is 0 Å². The van der Waals surface area contributed by atoms with Crippen molar-refractivity contribution in [3.8, 4) is 0 Å². The van der Waals surface area contributed by atoms with Crippen LogP contribution in [0.4, 0.5) is 10.6 Å². The number of aromatic nitrogens is 4. The standard InChI is InChI=1S/C19H28N6O/c1-14-11-18(22-25(14)16-7-4-3-5-8-16)21-19(26)24-10-6-9-17-15(13-24)12-20-23(17)2/h11-12,16H,3-10,13H2,1-2H3,(H,21,22,26).